The summed E-state index contributed by atoms with van der Waals surface area (Å²) in [5.74, 6) is -0.488. The minimum Gasteiger partial charge on any atom is -0.479 e. The van der Waals surface area contributed by atoms with E-state index in [0.717, 1.165) is 5.56 Å². The number of aliphatic carboxylic acids is 1. The van der Waals surface area contributed by atoms with Crippen molar-refractivity contribution in [2.45, 2.75) is 25.8 Å². The number of hydrogen-bond acceptors (Lipinski definition) is 5. The number of carboxylic acid groups (broad SMARTS) is 1. The molecule has 2 aromatic heterocycles. The van der Waals surface area contributed by atoms with Crippen LogP contribution in [0, 0.1) is 0 Å². The predicted molar refractivity (Wildman–Crippen MR) is 61.8 cm³/mol. The topological polar surface area (TPSA) is 93.8 Å². The van der Waals surface area contributed by atoms with Gasteiger partial charge in [-0.05, 0) is 35.9 Å². The number of rotatable bonds is 4. The Labute approximate surface area is 103 Å². The lowest BCUT2D eigenvalue weighted by atomic mass is 10.1. The lowest BCUT2D eigenvalue weighted by Crippen LogP contribution is -2.38. The van der Waals surface area contributed by atoms with Gasteiger partial charge >= 0.3 is 5.97 Å². The number of pyridine rings is 1. The molecule has 0 aliphatic rings. The van der Waals surface area contributed by atoms with E-state index in [1.807, 2.05) is 12.1 Å². The van der Waals surface area contributed by atoms with Crippen molar-refractivity contribution in [3.05, 3.63) is 35.9 Å². The molecule has 7 nitrogen and oxygen atoms in total. The molecule has 94 valence electrons. The van der Waals surface area contributed by atoms with Gasteiger partial charge in [-0.3, -0.25) is 4.98 Å². The summed E-state index contributed by atoms with van der Waals surface area (Å²) in [7, 11) is 0. The molecule has 0 aromatic carbocycles. The first-order chi connectivity index (χ1) is 8.51. The van der Waals surface area contributed by atoms with Crippen molar-refractivity contribution in [1.82, 2.24) is 25.2 Å². The molecule has 0 aliphatic carbocycles. The summed E-state index contributed by atoms with van der Waals surface area (Å²) in [5, 5.41) is 20.4. The third-order valence-electron chi connectivity index (χ3n) is 2.67. The van der Waals surface area contributed by atoms with Crippen molar-refractivity contribution >= 4 is 5.97 Å². The second-order valence-electron chi connectivity index (χ2n) is 4.41. The SMILES string of the molecule is CC(C)(C(=O)O)n1nnnc1Cc1cccnc1. The average Bonchev–Trinajstić information content (AvgIpc) is 2.79. The molecule has 0 unspecified atom stereocenters. The Morgan fingerprint density at radius 2 is 2.28 bits per heavy atom. The van der Waals surface area contributed by atoms with Crippen molar-refractivity contribution in [2.24, 2.45) is 0 Å². The minimum atomic E-state index is -1.18. The smallest absolute Gasteiger partial charge is 0.331 e. The number of aromatic nitrogens is 5. The fourth-order valence-corrected chi connectivity index (χ4v) is 1.53. The molecular formula is C11H13N5O2. The monoisotopic (exact) mass is 247 g/mol. The van der Waals surface area contributed by atoms with E-state index < -0.39 is 11.5 Å². The maximum absolute atomic E-state index is 11.2. The van der Waals surface area contributed by atoms with Crippen molar-refractivity contribution in [3.8, 4) is 0 Å². The van der Waals surface area contributed by atoms with E-state index in [1.54, 1.807) is 26.2 Å². The molecule has 2 aromatic rings. The zero-order chi connectivity index (χ0) is 13.2. The molecule has 0 fully saturated rings. The molecular weight excluding hydrogens is 234 g/mol. The molecule has 0 atom stereocenters. The molecule has 0 amide bonds. The summed E-state index contributed by atoms with van der Waals surface area (Å²) in [5.41, 5.74) is -0.254. The Morgan fingerprint density at radius 1 is 1.50 bits per heavy atom. The third kappa shape index (κ3) is 2.20. The van der Waals surface area contributed by atoms with Gasteiger partial charge in [0.2, 0.25) is 0 Å². The van der Waals surface area contributed by atoms with Crippen molar-refractivity contribution in [3.63, 3.8) is 0 Å². The number of hydrogen-bond donors (Lipinski definition) is 1. The summed E-state index contributed by atoms with van der Waals surface area (Å²) in [6, 6.07) is 3.70. The molecule has 0 spiro atoms. The summed E-state index contributed by atoms with van der Waals surface area (Å²) in [6.45, 7) is 3.11. The molecule has 2 heterocycles. The highest BCUT2D eigenvalue weighted by atomic mass is 16.4. The molecule has 0 radical (unpaired) electrons. The first kappa shape index (κ1) is 12.2. The highest BCUT2D eigenvalue weighted by Gasteiger charge is 2.33. The Bertz CT molecular complexity index is 550. The van der Waals surface area contributed by atoms with Crippen LogP contribution in [-0.4, -0.2) is 36.3 Å². The maximum atomic E-state index is 11.2. The maximum Gasteiger partial charge on any atom is 0.331 e. The lowest BCUT2D eigenvalue weighted by Gasteiger charge is -2.20. The molecule has 2 rings (SSSR count). The average molecular weight is 247 g/mol. The van der Waals surface area contributed by atoms with Gasteiger partial charge < -0.3 is 5.11 Å². The molecule has 0 saturated carbocycles. The molecule has 1 N–H and O–H groups in total. The van der Waals surface area contributed by atoms with E-state index in [2.05, 4.69) is 20.5 Å². The lowest BCUT2D eigenvalue weighted by molar-refractivity contribution is -0.146. The zero-order valence-electron chi connectivity index (χ0n) is 10.1. The van der Waals surface area contributed by atoms with Gasteiger partial charge in [-0.1, -0.05) is 6.07 Å². The Balaban J connectivity index is 2.32. The molecule has 0 saturated heterocycles. The van der Waals surface area contributed by atoms with Crippen LogP contribution in [0.5, 0.6) is 0 Å². The van der Waals surface area contributed by atoms with Crippen LogP contribution in [0.25, 0.3) is 0 Å². The van der Waals surface area contributed by atoms with Gasteiger partial charge in [-0.2, -0.15) is 0 Å². The Kier molecular flexibility index (Phi) is 3.05. The van der Waals surface area contributed by atoms with E-state index in [1.165, 1.54) is 4.68 Å². The first-order valence-electron chi connectivity index (χ1n) is 5.42. The van der Waals surface area contributed by atoms with Crippen LogP contribution in [0.3, 0.4) is 0 Å². The van der Waals surface area contributed by atoms with Crippen LogP contribution >= 0.6 is 0 Å². The van der Waals surface area contributed by atoms with Crippen LogP contribution in [-0.2, 0) is 16.8 Å². The molecule has 7 heteroatoms. The number of carboxylic acids is 1. The normalized spacial score (nSPS) is 11.4. The van der Waals surface area contributed by atoms with Crippen LogP contribution in [0.2, 0.25) is 0 Å². The van der Waals surface area contributed by atoms with Gasteiger partial charge in [-0.15, -0.1) is 5.10 Å². The van der Waals surface area contributed by atoms with Crippen LogP contribution in [0.4, 0.5) is 0 Å². The van der Waals surface area contributed by atoms with E-state index in [0.29, 0.717) is 12.2 Å². The Morgan fingerprint density at radius 3 is 2.89 bits per heavy atom. The van der Waals surface area contributed by atoms with E-state index >= 15 is 0 Å². The highest BCUT2D eigenvalue weighted by Crippen LogP contribution is 2.16. The van der Waals surface area contributed by atoms with Gasteiger partial charge in [0.05, 0.1) is 0 Å². The highest BCUT2D eigenvalue weighted by molar-refractivity contribution is 5.75. The van der Waals surface area contributed by atoms with Gasteiger partial charge in [-0.25, -0.2) is 9.48 Å². The number of nitrogens with zero attached hydrogens (tertiary/aromatic N) is 5. The van der Waals surface area contributed by atoms with E-state index in [9.17, 15) is 9.90 Å². The van der Waals surface area contributed by atoms with Gasteiger partial charge in [0.1, 0.15) is 0 Å². The van der Waals surface area contributed by atoms with E-state index in [-0.39, 0.29) is 0 Å². The predicted octanol–water partition coefficient (Wildman–Crippen LogP) is 0.479. The van der Waals surface area contributed by atoms with Gasteiger partial charge in [0.15, 0.2) is 11.4 Å². The van der Waals surface area contributed by atoms with Crippen molar-refractivity contribution in [1.29, 1.82) is 0 Å². The molecule has 18 heavy (non-hydrogen) atoms. The third-order valence-corrected chi connectivity index (χ3v) is 2.67. The Hall–Kier alpha value is -2.31. The minimum absolute atomic E-state index is 0.442. The van der Waals surface area contributed by atoms with E-state index in [4.69, 9.17) is 0 Å². The van der Waals surface area contributed by atoms with Crippen molar-refractivity contribution in [2.75, 3.05) is 0 Å². The summed E-state index contributed by atoms with van der Waals surface area (Å²) >= 11 is 0. The fraction of sp³-hybridized carbons (Fsp3) is 0.364. The second kappa shape index (κ2) is 4.52. The zero-order valence-corrected chi connectivity index (χ0v) is 10.1. The van der Waals surface area contributed by atoms with Crippen LogP contribution < -0.4 is 0 Å². The van der Waals surface area contributed by atoms with Crippen molar-refractivity contribution < 1.29 is 9.90 Å². The molecule has 0 bridgehead atoms. The standard InChI is InChI=1S/C11H13N5O2/c1-11(2,10(17)18)16-9(13-14-15-16)6-8-4-3-5-12-7-8/h3-5,7H,6H2,1-2H3,(H,17,18). The quantitative estimate of drug-likeness (QED) is 0.844. The number of tetrazole rings is 1. The fourth-order valence-electron chi connectivity index (χ4n) is 1.53. The summed E-state index contributed by atoms with van der Waals surface area (Å²) in [6.07, 6.45) is 3.82. The van der Waals surface area contributed by atoms with Gasteiger partial charge in [0.25, 0.3) is 0 Å². The van der Waals surface area contributed by atoms with Gasteiger partial charge in [0, 0.05) is 18.8 Å². The largest absolute Gasteiger partial charge is 0.479 e. The molecule has 0 aliphatic heterocycles. The van der Waals surface area contributed by atoms with Crippen LogP contribution in [0.15, 0.2) is 24.5 Å². The van der Waals surface area contributed by atoms with Crippen LogP contribution in [0.1, 0.15) is 25.2 Å². The second-order valence-corrected chi connectivity index (χ2v) is 4.41. The summed E-state index contributed by atoms with van der Waals surface area (Å²) < 4.78 is 1.32. The number of carbonyl (C=O) groups is 1. The summed E-state index contributed by atoms with van der Waals surface area (Å²) in [4.78, 5) is 15.2. The first-order valence-corrected chi connectivity index (χ1v) is 5.42.